The summed E-state index contributed by atoms with van der Waals surface area (Å²) >= 11 is 0. The Morgan fingerprint density at radius 1 is 1.17 bits per heavy atom. The van der Waals surface area contributed by atoms with Crippen molar-refractivity contribution in [3.63, 3.8) is 0 Å². The van der Waals surface area contributed by atoms with Crippen molar-refractivity contribution in [2.24, 2.45) is 0 Å². The maximum absolute atomic E-state index is 12.8. The first-order valence-corrected chi connectivity index (χ1v) is 9.07. The molecule has 8 heteroatoms. The number of hydrogen-bond donors (Lipinski definition) is 0. The number of nitriles is 1. The Labute approximate surface area is 167 Å². The van der Waals surface area contributed by atoms with Gasteiger partial charge in [-0.2, -0.15) is 10.4 Å². The first kappa shape index (κ1) is 18.5. The van der Waals surface area contributed by atoms with Crippen molar-refractivity contribution in [2.45, 2.75) is 19.5 Å². The molecule has 3 heterocycles. The smallest absolute Gasteiger partial charge is 0.259 e. The summed E-state index contributed by atoms with van der Waals surface area (Å²) < 4.78 is 12.2. The number of benzene rings is 1. The molecule has 0 spiro atoms. The van der Waals surface area contributed by atoms with Crippen LogP contribution < -0.4 is 14.4 Å². The van der Waals surface area contributed by atoms with E-state index >= 15 is 0 Å². The predicted octanol–water partition coefficient (Wildman–Crippen LogP) is 3.04. The molecule has 0 unspecified atom stereocenters. The van der Waals surface area contributed by atoms with Gasteiger partial charge in [-0.05, 0) is 29.3 Å². The molecule has 29 heavy (non-hydrogen) atoms. The van der Waals surface area contributed by atoms with Crippen LogP contribution in [0.4, 0.5) is 5.69 Å². The highest BCUT2D eigenvalue weighted by molar-refractivity contribution is 6.10. The molecule has 8 nitrogen and oxygen atoms in total. The Morgan fingerprint density at radius 3 is 2.79 bits per heavy atom. The van der Waals surface area contributed by atoms with Crippen LogP contribution in [-0.4, -0.2) is 34.9 Å². The molecule has 4 rings (SSSR count). The summed E-state index contributed by atoms with van der Waals surface area (Å²) in [5, 5.41) is 12.9. The SMILES string of the molecule is COc1cc(-c2ccc3c(c2)CN(c2cnn(CCC#N)c2)C3=O)cnc1OC. The van der Waals surface area contributed by atoms with Gasteiger partial charge in [-0.15, -0.1) is 0 Å². The molecule has 0 saturated carbocycles. The number of anilines is 1. The molecule has 0 aliphatic carbocycles. The van der Waals surface area contributed by atoms with Crippen molar-refractivity contribution in [3.8, 4) is 28.8 Å². The van der Waals surface area contributed by atoms with Crippen LogP contribution >= 0.6 is 0 Å². The predicted molar refractivity (Wildman–Crippen MR) is 106 cm³/mol. The molecule has 3 aromatic rings. The quantitative estimate of drug-likeness (QED) is 0.643. The molecular formula is C21H19N5O3. The fourth-order valence-electron chi connectivity index (χ4n) is 3.38. The lowest BCUT2D eigenvalue weighted by Gasteiger charge is -2.12. The number of aromatic nitrogens is 3. The molecule has 0 fully saturated rings. The lowest BCUT2D eigenvalue weighted by atomic mass is 10.0. The van der Waals surface area contributed by atoms with E-state index in [-0.39, 0.29) is 5.91 Å². The number of hydrogen-bond acceptors (Lipinski definition) is 6. The van der Waals surface area contributed by atoms with Crippen LogP contribution in [0.3, 0.4) is 0 Å². The Kier molecular flexibility index (Phi) is 4.87. The summed E-state index contributed by atoms with van der Waals surface area (Å²) in [7, 11) is 3.11. The molecule has 0 atom stereocenters. The van der Waals surface area contributed by atoms with E-state index in [9.17, 15) is 4.79 Å². The lowest BCUT2D eigenvalue weighted by molar-refractivity contribution is 0.0996. The van der Waals surface area contributed by atoms with Gasteiger partial charge < -0.3 is 14.4 Å². The second-order valence-corrected chi connectivity index (χ2v) is 6.57. The van der Waals surface area contributed by atoms with E-state index in [0.29, 0.717) is 36.7 Å². The van der Waals surface area contributed by atoms with Crippen molar-refractivity contribution >= 4 is 11.6 Å². The summed E-state index contributed by atoms with van der Waals surface area (Å²) in [6.07, 6.45) is 5.54. The number of aryl methyl sites for hydroxylation is 1. The van der Waals surface area contributed by atoms with Gasteiger partial charge in [-0.1, -0.05) is 6.07 Å². The van der Waals surface area contributed by atoms with Gasteiger partial charge in [-0.25, -0.2) is 4.98 Å². The lowest BCUT2D eigenvalue weighted by Crippen LogP contribution is -2.22. The summed E-state index contributed by atoms with van der Waals surface area (Å²) in [6, 6.07) is 9.69. The van der Waals surface area contributed by atoms with Crippen LogP contribution in [0.15, 0.2) is 42.9 Å². The van der Waals surface area contributed by atoms with Crippen LogP contribution in [0.2, 0.25) is 0 Å². The molecule has 1 aliphatic rings. The minimum atomic E-state index is -0.0585. The van der Waals surface area contributed by atoms with E-state index in [1.54, 1.807) is 42.4 Å². The van der Waals surface area contributed by atoms with Gasteiger partial charge in [-0.3, -0.25) is 9.48 Å². The van der Waals surface area contributed by atoms with E-state index in [1.165, 1.54) is 0 Å². The molecule has 0 saturated heterocycles. The van der Waals surface area contributed by atoms with E-state index in [4.69, 9.17) is 14.7 Å². The van der Waals surface area contributed by atoms with Crippen LogP contribution in [0.5, 0.6) is 11.6 Å². The van der Waals surface area contributed by atoms with Crippen LogP contribution in [0.25, 0.3) is 11.1 Å². The maximum atomic E-state index is 12.8. The zero-order valence-electron chi connectivity index (χ0n) is 16.1. The number of pyridine rings is 1. The van der Waals surface area contributed by atoms with Crippen LogP contribution in [0.1, 0.15) is 22.3 Å². The standard InChI is InChI=1S/C21H19N5O3/c1-28-19-9-15(10-23-20(19)29-2)14-4-5-18-16(8-14)12-26(21(18)27)17-11-24-25(13-17)7-3-6-22/h4-5,8-11,13H,3,7,12H2,1-2H3. The number of rotatable bonds is 6. The highest BCUT2D eigenvalue weighted by atomic mass is 16.5. The number of ether oxygens (including phenoxy) is 2. The third kappa shape index (κ3) is 3.38. The second-order valence-electron chi connectivity index (χ2n) is 6.57. The molecule has 1 aromatic carbocycles. The van der Waals surface area contributed by atoms with Crippen LogP contribution in [0, 0.1) is 11.3 Å². The minimum absolute atomic E-state index is 0.0585. The molecular weight excluding hydrogens is 370 g/mol. The summed E-state index contributed by atoms with van der Waals surface area (Å²) in [6.45, 7) is 0.967. The van der Waals surface area contributed by atoms with Gasteiger partial charge in [0.15, 0.2) is 5.75 Å². The molecule has 0 radical (unpaired) electrons. The fraction of sp³-hybridized carbons (Fsp3) is 0.238. The Hall–Kier alpha value is -3.86. The summed E-state index contributed by atoms with van der Waals surface area (Å²) in [5.74, 6) is 0.914. The molecule has 1 aliphatic heterocycles. The monoisotopic (exact) mass is 389 g/mol. The van der Waals surface area contributed by atoms with E-state index < -0.39 is 0 Å². The van der Waals surface area contributed by atoms with Crippen molar-refractivity contribution in [1.82, 2.24) is 14.8 Å². The first-order valence-electron chi connectivity index (χ1n) is 9.07. The highest BCUT2D eigenvalue weighted by Crippen LogP contribution is 2.34. The van der Waals surface area contributed by atoms with Crippen LogP contribution in [-0.2, 0) is 13.1 Å². The van der Waals surface area contributed by atoms with Gasteiger partial charge in [0.2, 0.25) is 0 Å². The fourth-order valence-corrected chi connectivity index (χ4v) is 3.38. The zero-order chi connectivity index (χ0) is 20.4. The van der Waals surface area contributed by atoms with Gasteiger partial charge in [0.05, 0.1) is 51.7 Å². The largest absolute Gasteiger partial charge is 0.491 e. The highest BCUT2D eigenvalue weighted by Gasteiger charge is 2.29. The van der Waals surface area contributed by atoms with Crippen molar-refractivity contribution in [2.75, 3.05) is 19.1 Å². The Morgan fingerprint density at radius 2 is 2.03 bits per heavy atom. The maximum Gasteiger partial charge on any atom is 0.259 e. The number of carbonyl (C=O) groups is 1. The average molecular weight is 389 g/mol. The molecule has 146 valence electrons. The van der Waals surface area contributed by atoms with Gasteiger partial charge in [0, 0.05) is 23.5 Å². The van der Waals surface area contributed by atoms with Crippen molar-refractivity contribution in [3.05, 3.63) is 54.0 Å². The Bertz CT molecular complexity index is 1120. The van der Waals surface area contributed by atoms with Crippen molar-refractivity contribution < 1.29 is 14.3 Å². The molecule has 2 aromatic heterocycles. The topological polar surface area (TPSA) is 93.3 Å². The van der Waals surface area contributed by atoms with E-state index in [0.717, 1.165) is 22.4 Å². The Balaban J connectivity index is 1.61. The summed E-state index contributed by atoms with van der Waals surface area (Å²) in [4.78, 5) is 18.8. The molecule has 0 N–H and O–H groups in total. The third-order valence-electron chi connectivity index (χ3n) is 4.86. The van der Waals surface area contributed by atoms with E-state index in [1.807, 2.05) is 24.3 Å². The van der Waals surface area contributed by atoms with Crippen molar-refractivity contribution in [1.29, 1.82) is 5.26 Å². The van der Waals surface area contributed by atoms with Gasteiger partial charge >= 0.3 is 0 Å². The first-order chi connectivity index (χ1) is 14.1. The third-order valence-corrected chi connectivity index (χ3v) is 4.86. The molecule has 1 amide bonds. The number of fused-ring (bicyclic) bond motifs is 1. The van der Waals surface area contributed by atoms with Gasteiger partial charge in [0.25, 0.3) is 11.8 Å². The number of amides is 1. The molecule has 0 bridgehead atoms. The normalized spacial score (nSPS) is 12.6. The van der Waals surface area contributed by atoms with E-state index in [2.05, 4.69) is 16.2 Å². The zero-order valence-corrected chi connectivity index (χ0v) is 16.1. The number of nitrogens with zero attached hydrogens (tertiary/aromatic N) is 5. The number of methoxy groups -OCH3 is 2. The van der Waals surface area contributed by atoms with Gasteiger partial charge in [0.1, 0.15) is 0 Å². The minimum Gasteiger partial charge on any atom is -0.491 e. The number of carbonyl (C=O) groups excluding carboxylic acids is 1. The summed E-state index contributed by atoms with van der Waals surface area (Å²) in [5.41, 5.74) is 4.15. The average Bonchev–Trinajstić information content (AvgIpc) is 3.35. The second kappa shape index (κ2) is 7.64.